The Morgan fingerprint density at radius 2 is 1.80 bits per heavy atom. The Morgan fingerprint density at radius 3 is 2.46 bits per heavy atom. The zero-order valence-electron chi connectivity index (χ0n) is 20.3. The number of ether oxygens (including phenoxy) is 1. The Balaban J connectivity index is 1.73. The number of aryl methyl sites for hydroxylation is 1. The van der Waals surface area contributed by atoms with E-state index in [4.69, 9.17) is 4.74 Å². The first kappa shape index (κ1) is 24.7. The lowest BCUT2D eigenvalue weighted by atomic mass is 9.95. The average Bonchev–Trinajstić information content (AvgIpc) is 3.39. The smallest absolute Gasteiger partial charge is 0.290 e. The summed E-state index contributed by atoms with van der Waals surface area (Å²) in [6.07, 6.45) is 2.56. The highest BCUT2D eigenvalue weighted by Gasteiger charge is 2.44. The van der Waals surface area contributed by atoms with Crippen molar-refractivity contribution in [2.24, 2.45) is 0 Å². The standard InChI is InChI=1S/C28H30N2O4S/c1-4-6-16-30-23(19-12-14-21(15-13-19)34-17-5-2)22(25(32)28(30)33)24(31)26-18(3)29-27(35-26)20-10-8-7-9-11-20/h7-15,23,32H,4-6,16-17H2,1-3H3. The number of aliphatic hydroxyl groups excluding tert-OH is 1. The molecule has 2 heterocycles. The van der Waals surface area contributed by atoms with E-state index in [1.807, 2.05) is 68.4 Å². The number of Topliss-reactive ketones (excluding diaryl/α,β-unsaturated/α-hetero) is 1. The largest absolute Gasteiger partial charge is 0.503 e. The van der Waals surface area contributed by atoms with Gasteiger partial charge in [0, 0.05) is 12.1 Å². The van der Waals surface area contributed by atoms with Crippen LogP contribution in [-0.4, -0.2) is 39.8 Å². The van der Waals surface area contributed by atoms with Gasteiger partial charge in [0.1, 0.15) is 10.8 Å². The summed E-state index contributed by atoms with van der Waals surface area (Å²) < 4.78 is 5.70. The number of carbonyl (C=O) groups excluding carboxylic acids is 2. The minimum atomic E-state index is -0.663. The number of nitrogens with zero attached hydrogens (tertiary/aromatic N) is 2. The number of hydrogen-bond donors (Lipinski definition) is 1. The fourth-order valence-corrected chi connectivity index (χ4v) is 5.22. The normalized spacial score (nSPS) is 15.7. The summed E-state index contributed by atoms with van der Waals surface area (Å²) in [6, 6.07) is 16.4. The van der Waals surface area contributed by atoms with E-state index >= 15 is 0 Å². The fourth-order valence-electron chi connectivity index (χ4n) is 4.19. The third kappa shape index (κ3) is 5.00. The van der Waals surface area contributed by atoms with Crippen LogP contribution in [0.25, 0.3) is 10.6 Å². The molecule has 4 rings (SSSR count). The van der Waals surface area contributed by atoms with Crippen LogP contribution in [-0.2, 0) is 4.79 Å². The van der Waals surface area contributed by atoms with Crippen LogP contribution in [0.4, 0.5) is 0 Å². The minimum absolute atomic E-state index is 0.111. The molecule has 7 heteroatoms. The quantitative estimate of drug-likeness (QED) is 0.338. The number of hydrogen-bond acceptors (Lipinski definition) is 6. The Labute approximate surface area is 209 Å². The number of ketones is 1. The summed E-state index contributed by atoms with van der Waals surface area (Å²) in [5.74, 6) is -0.615. The highest BCUT2D eigenvalue weighted by molar-refractivity contribution is 7.17. The van der Waals surface area contributed by atoms with Crippen LogP contribution in [0.2, 0.25) is 0 Å². The molecule has 0 saturated heterocycles. The van der Waals surface area contributed by atoms with Crippen molar-refractivity contribution in [3.8, 4) is 16.3 Å². The molecule has 0 radical (unpaired) electrons. The van der Waals surface area contributed by atoms with Crippen molar-refractivity contribution in [1.29, 1.82) is 0 Å². The third-order valence-electron chi connectivity index (χ3n) is 5.99. The molecule has 0 spiro atoms. The summed E-state index contributed by atoms with van der Waals surface area (Å²) in [5, 5.41) is 11.6. The van der Waals surface area contributed by atoms with Gasteiger partial charge < -0.3 is 14.7 Å². The van der Waals surface area contributed by atoms with Gasteiger partial charge in [-0.1, -0.05) is 62.7 Å². The van der Waals surface area contributed by atoms with Crippen molar-refractivity contribution in [1.82, 2.24) is 9.88 Å². The van der Waals surface area contributed by atoms with Gasteiger partial charge in [0.05, 0.1) is 28.8 Å². The van der Waals surface area contributed by atoms with Crippen LogP contribution in [0.15, 0.2) is 65.9 Å². The first-order chi connectivity index (χ1) is 17.0. The van der Waals surface area contributed by atoms with Crippen LogP contribution in [0, 0.1) is 6.92 Å². The van der Waals surface area contributed by atoms with E-state index in [0.29, 0.717) is 23.7 Å². The maximum absolute atomic E-state index is 13.8. The van der Waals surface area contributed by atoms with E-state index in [1.54, 1.807) is 11.8 Å². The SMILES string of the molecule is CCCCN1C(=O)C(O)=C(C(=O)c2sc(-c3ccccc3)nc2C)C1c1ccc(OCCC)cc1. The molecule has 1 aliphatic heterocycles. The Morgan fingerprint density at radius 1 is 1.09 bits per heavy atom. The van der Waals surface area contributed by atoms with Crippen molar-refractivity contribution in [2.45, 2.75) is 46.1 Å². The van der Waals surface area contributed by atoms with Crippen LogP contribution in [0.1, 0.15) is 60.1 Å². The molecule has 6 nitrogen and oxygen atoms in total. The second kappa shape index (κ2) is 10.9. The summed E-state index contributed by atoms with van der Waals surface area (Å²) >= 11 is 1.28. The molecule has 35 heavy (non-hydrogen) atoms. The van der Waals surface area contributed by atoms with E-state index in [1.165, 1.54) is 11.3 Å². The first-order valence-electron chi connectivity index (χ1n) is 12.0. The molecule has 182 valence electrons. The van der Waals surface area contributed by atoms with Gasteiger partial charge in [-0.25, -0.2) is 4.98 Å². The number of aliphatic hydroxyl groups is 1. The van der Waals surface area contributed by atoms with Crippen LogP contribution >= 0.6 is 11.3 Å². The minimum Gasteiger partial charge on any atom is -0.503 e. The van der Waals surface area contributed by atoms with Crippen molar-refractivity contribution in [2.75, 3.05) is 13.2 Å². The van der Waals surface area contributed by atoms with E-state index in [9.17, 15) is 14.7 Å². The van der Waals surface area contributed by atoms with Gasteiger partial charge >= 0.3 is 0 Å². The van der Waals surface area contributed by atoms with E-state index < -0.39 is 17.7 Å². The Kier molecular flexibility index (Phi) is 7.66. The van der Waals surface area contributed by atoms with Crippen molar-refractivity contribution >= 4 is 23.0 Å². The molecule has 0 saturated carbocycles. The molecule has 1 unspecified atom stereocenters. The zero-order valence-corrected chi connectivity index (χ0v) is 21.1. The van der Waals surface area contributed by atoms with E-state index in [2.05, 4.69) is 4.98 Å². The van der Waals surface area contributed by atoms with Gasteiger partial charge in [0.25, 0.3) is 5.91 Å². The monoisotopic (exact) mass is 490 g/mol. The first-order valence-corrected chi connectivity index (χ1v) is 12.8. The zero-order chi connectivity index (χ0) is 24.9. The Hall–Kier alpha value is -3.45. The number of amides is 1. The summed E-state index contributed by atoms with van der Waals surface area (Å²) in [6.45, 7) is 6.93. The number of carbonyl (C=O) groups is 2. The van der Waals surface area contributed by atoms with Crippen LogP contribution in [0.3, 0.4) is 0 Å². The molecule has 0 fully saturated rings. The lowest BCUT2D eigenvalue weighted by molar-refractivity contribution is -0.129. The van der Waals surface area contributed by atoms with E-state index in [0.717, 1.165) is 41.1 Å². The average molecular weight is 491 g/mol. The topological polar surface area (TPSA) is 79.7 Å². The van der Waals surface area contributed by atoms with Gasteiger partial charge in [-0.3, -0.25) is 9.59 Å². The highest BCUT2D eigenvalue weighted by atomic mass is 32.1. The molecular formula is C28H30N2O4S. The predicted octanol–water partition coefficient (Wildman–Crippen LogP) is 6.29. The second-order valence-corrected chi connectivity index (χ2v) is 9.56. The maximum atomic E-state index is 13.8. The van der Waals surface area contributed by atoms with E-state index in [-0.39, 0.29) is 11.4 Å². The third-order valence-corrected chi connectivity index (χ3v) is 7.20. The summed E-state index contributed by atoms with van der Waals surface area (Å²) in [7, 11) is 0. The number of rotatable bonds is 10. The highest BCUT2D eigenvalue weighted by Crippen LogP contribution is 2.41. The molecule has 1 aliphatic rings. The van der Waals surface area contributed by atoms with Crippen molar-refractivity contribution in [3.63, 3.8) is 0 Å². The molecule has 1 N–H and O–H groups in total. The number of benzene rings is 2. The fraction of sp³-hybridized carbons (Fsp3) is 0.321. The molecule has 1 atom stereocenters. The number of unbranched alkanes of at least 4 members (excludes halogenated alkanes) is 1. The molecule has 2 aromatic carbocycles. The lowest BCUT2D eigenvalue weighted by Crippen LogP contribution is -2.32. The van der Waals surface area contributed by atoms with Crippen LogP contribution < -0.4 is 4.74 Å². The second-order valence-electron chi connectivity index (χ2n) is 8.56. The molecule has 3 aromatic rings. The molecule has 0 bridgehead atoms. The summed E-state index contributed by atoms with van der Waals surface area (Å²) in [4.78, 5) is 33.6. The number of aromatic nitrogens is 1. The Bertz CT molecular complexity index is 1230. The van der Waals surface area contributed by atoms with Gasteiger partial charge in [0.15, 0.2) is 5.76 Å². The van der Waals surface area contributed by atoms with Crippen molar-refractivity contribution in [3.05, 3.63) is 82.1 Å². The number of thiazole rings is 1. The predicted molar refractivity (Wildman–Crippen MR) is 138 cm³/mol. The molecule has 1 amide bonds. The lowest BCUT2D eigenvalue weighted by Gasteiger charge is -2.26. The van der Waals surface area contributed by atoms with Crippen molar-refractivity contribution < 1.29 is 19.4 Å². The molecular weight excluding hydrogens is 460 g/mol. The molecule has 1 aromatic heterocycles. The van der Waals surface area contributed by atoms with Gasteiger partial charge in [-0.05, 0) is 37.5 Å². The van der Waals surface area contributed by atoms with Gasteiger partial charge in [0.2, 0.25) is 5.78 Å². The van der Waals surface area contributed by atoms with Crippen LogP contribution in [0.5, 0.6) is 5.75 Å². The molecule has 0 aliphatic carbocycles. The van der Waals surface area contributed by atoms with Gasteiger partial charge in [-0.2, -0.15) is 0 Å². The summed E-state index contributed by atoms with van der Waals surface area (Å²) in [5.41, 5.74) is 2.38. The maximum Gasteiger partial charge on any atom is 0.290 e. The van der Waals surface area contributed by atoms with Gasteiger partial charge in [-0.15, -0.1) is 11.3 Å².